The predicted octanol–water partition coefficient (Wildman–Crippen LogP) is -1.13. The fourth-order valence-corrected chi connectivity index (χ4v) is 1.58. The van der Waals surface area contributed by atoms with E-state index >= 15 is 0 Å². The molecule has 7 nitrogen and oxygen atoms in total. The average Bonchev–Trinajstić information content (AvgIpc) is 3.08. The number of urea groups is 1. The summed E-state index contributed by atoms with van der Waals surface area (Å²) in [5.74, 6) is 0.543. The van der Waals surface area contributed by atoms with Crippen molar-refractivity contribution in [1.29, 1.82) is 0 Å². The Morgan fingerprint density at radius 2 is 2.29 bits per heavy atom. The van der Waals surface area contributed by atoms with Gasteiger partial charge in [-0.15, -0.1) is 0 Å². The number of hydrogen-bond donors (Lipinski definition) is 3. The lowest BCUT2D eigenvalue weighted by molar-refractivity contribution is -0.124. The minimum absolute atomic E-state index is 0.105. The molecule has 7 heteroatoms. The highest BCUT2D eigenvalue weighted by Crippen LogP contribution is 2.18. The Kier molecular flexibility index (Phi) is 3.46. The van der Waals surface area contributed by atoms with Crippen LogP contribution in [0, 0.1) is 0 Å². The lowest BCUT2D eigenvalue weighted by Crippen LogP contribution is -2.43. The molecule has 0 aromatic rings. The van der Waals surface area contributed by atoms with Gasteiger partial charge in [0, 0.05) is 26.2 Å². The maximum Gasteiger partial charge on any atom is 0.324 e. The first kappa shape index (κ1) is 11.7. The van der Waals surface area contributed by atoms with Gasteiger partial charge >= 0.3 is 6.03 Å². The molecule has 2 fully saturated rings. The summed E-state index contributed by atoms with van der Waals surface area (Å²) in [5, 5.41) is 8.77. The molecule has 2 aliphatic rings. The van der Waals surface area contributed by atoms with E-state index in [0.29, 0.717) is 19.1 Å². The summed E-state index contributed by atoms with van der Waals surface area (Å²) in [7, 11) is 1.70. The Balaban J connectivity index is 1.70. The molecule has 1 aliphatic heterocycles. The second-order valence-corrected chi connectivity index (χ2v) is 4.12. The quantitative estimate of drug-likeness (QED) is 0.329. The molecule has 0 unspecified atom stereocenters. The Morgan fingerprint density at radius 3 is 2.82 bits per heavy atom. The fourth-order valence-electron chi connectivity index (χ4n) is 1.58. The van der Waals surface area contributed by atoms with Crippen LogP contribution in [0.25, 0.3) is 0 Å². The summed E-state index contributed by atoms with van der Waals surface area (Å²) in [6.45, 7) is 0.968. The Hall–Kier alpha value is -1.79. The van der Waals surface area contributed by atoms with E-state index in [1.807, 2.05) is 0 Å². The van der Waals surface area contributed by atoms with Crippen LogP contribution in [-0.2, 0) is 4.79 Å². The topological polar surface area (TPSA) is 85.8 Å². The summed E-state index contributed by atoms with van der Waals surface area (Å²) in [6.07, 6.45) is 2.35. The summed E-state index contributed by atoms with van der Waals surface area (Å²) in [6, 6.07) is 0.208. The van der Waals surface area contributed by atoms with Crippen LogP contribution in [0.1, 0.15) is 12.8 Å². The molecule has 1 heterocycles. The minimum Gasteiger partial charge on any atom is -0.355 e. The molecule has 94 valence electrons. The van der Waals surface area contributed by atoms with Crippen LogP contribution in [0.2, 0.25) is 0 Å². The molecule has 0 aromatic heterocycles. The van der Waals surface area contributed by atoms with Crippen molar-refractivity contribution in [2.24, 2.45) is 4.99 Å². The van der Waals surface area contributed by atoms with Crippen molar-refractivity contribution in [2.75, 3.05) is 26.7 Å². The molecule has 1 aliphatic carbocycles. The van der Waals surface area contributed by atoms with Crippen LogP contribution in [0.5, 0.6) is 0 Å². The van der Waals surface area contributed by atoms with Crippen molar-refractivity contribution >= 4 is 17.9 Å². The fraction of sp³-hybridized carbons (Fsp3) is 0.700. The molecular formula is C10H17N5O2. The third-order valence-electron chi connectivity index (χ3n) is 2.71. The molecular weight excluding hydrogens is 222 g/mol. The second kappa shape index (κ2) is 5.03. The second-order valence-electron chi connectivity index (χ2n) is 4.12. The van der Waals surface area contributed by atoms with Gasteiger partial charge in [-0.25, -0.2) is 4.79 Å². The normalized spacial score (nSPS) is 20.5. The zero-order valence-corrected chi connectivity index (χ0v) is 9.82. The maximum atomic E-state index is 11.3. The minimum atomic E-state index is -0.318. The van der Waals surface area contributed by atoms with E-state index in [4.69, 9.17) is 0 Å². The average molecular weight is 239 g/mol. The first-order chi connectivity index (χ1) is 8.20. The molecule has 17 heavy (non-hydrogen) atoms. The van der Waals surface area contributed by atoms with E-state index in [9.17, 15) is 9.59 Å². The summed E-state index contributed by atoms with van der Waals surface area (Å²) in [4.78, 5) is 27.8. The van der Waals surface area contributed by atoms with Crippen LogP contribution >= 0.6 is 0 Å². The molecule has 0 bridgehead atoms. The van der Waals surface area contributed by atoms with Gasteiger partial charge in [0.15, 0.2) is 5.96 Å². The van der Waals surface area contributed by atoms with Crippen molar-refractivity contribution in [3.63, 3.8) is 0 Å². The van der Waals surface area contributed by atoms with Crippen LogP contribution in [-0.4, -0.2) is 55.5 Å². The molecule has 0 radical (unpaired) electrons. The Bertz CT molecular complexity index is 335. The van der Waals surface area contributed by atoms with Gasteiger partial charge in [0.2, 0.25) is 5.91 Å². The molecule has 1 saturated heterocycles. The third-order valence-corrected chi connectivity index (χ3v) is 2.71. The predicted molar refractivity (Wildman–Crippen MR) is 62.6 cm³/mol. The van der Waals surface area contributed by atoms with Gasteiger partial charge in [-0.3, -0.25) is 14.7 Å². The van der Waals surface area contributed by atoms with Gasteiger partial charge in [-0.2, -0.15) is 0 Å². The van der Waals surface area contributed by atoms with Crippen LogP contribution in [0.15, 0.2) is 4.99 Å². The van der Waals surface area contributed by atoms with E-state index in [2.05, 4.69) is 20.9 Å². The van der Waals surface area contributed by atoms with Crippen LogP contribution in [0.4, 0.5) is 4.79 Å². The van der Waals surface area contributed by atoms with E-state index in [1.54, 1.807) is 7.05 Å². The number of guanidine groups is 1. The highest BCUT2D eigenvalue weighted by Gasteiger charge is 2.28. The number of hydrogen-bond acceptors (Lipinski definition) is 3. The van der Waals surface area contributed by atoms with Crippen LogP contribution < -0.4 is 16.0 Å². The molecule has 0 spiro atoms. The number of nitrogens with zero attached hydrogens (tertiary/aromatic N) is 2. The SMILES string of the molecule is CN=C(NCCN1C(=O)CNC1=O)NC1CC1. The maximum absolute atomic E-state index is 11.3. The largest absolute Gasteiger partial charge is 0.355 e. The van der Waals surface area contributed by atoms with E-state index in [-0.39, 0.29) is 18.5 Å². The Morgan fingerprint density at radius 1 is 1.53 bits per heavy atom. The third kappa shape index (κ3) is 3.08. The molecule has 1 saturated carbocycles. The van der Waals surface area contributed by atoms with E-state index in [0.717, 1.165) is 5.96 Å². The highest BCUT2D eigenvalue weighted by molar-refractivity contribution is 6.01. The zero-order chi connectivity index (χ0) is 12.3. The molecule has 3 N–H and O–H groups in total. The van der Waals surface area contributed by atoms with Crippen molar-refractivity contribution in [2.45, 2.75) is 18.9 Å². The van der Waals surface area contributed by atoms with Gasteiger partial charge < -0.3 is 16.0 Å². The van der Waals surface area contributed by atoms with Gasteiger partial charge in [-0.1, -0.05) is 0 Å². The Labute approximate surface area is 99.6 Å². The van der Waals surface area contributed by atoms with Gasteiger partial charge in [0.1, 0.15) is 0 Å². The summed E-state index contributed by atoms with van der Waals surface area (Å²) >= 11 is 0. The number of carbonyl (C=O) groups is 2. The molecule has 0 aromatic carbocycles. The molecule has 3 amide bonds. The number of aliphatic imine (C=N–C) groups is 1. The van der Waals surface area contributed by atoms with Gasteiger partial charge in [0.05, 0.1) is 6.54 Å². The van der Waals surface area contributed by atoms with Gasteiger partial charge in [-0.05, 0) is 12.8 Å². The summed E-state index contributed by atoms with van der Waals surface area (Å²) < 4.78 is 0. The van der Waals surface area contributed by atoms with Crippen molar-refractivity contribution in [3.05, 3.63) is 0 Å². The van der Waals surface area contributed by atoms with Crippen molar-refractivity contribution < 1.29 is 9.59 Å². The number of amides is 3. The monoisotopic (exact) mass is 239 g/mol. The number of carbonyl (C=O) groups excluding carboxylic acids is 2. The van der Waals surface area contributed by atoms with Crippen LogP contribution in [0.3, 0.4) is 0 Å². The first-order valence-electron chi connectivity index (χ1n) is 5.76. The van der Waals surface area contributed by atoms with Crippen molar-refractivity contribution in [3.8, 4) is 0 Å². The summed E-state index contributed by atoms with van der Waals surface area (Å²) in [5.41, 5.74) is 0. The number of imide groups is 1. The lowest BCUT2D eigenvalue weighted by atomic mass is 10.5. The lowest BCUT2D eigenvalue weighted by Gasteiger charge is -2.15. The van der Waals surface area contributed by atoms with Gasteiger partial charge in [0.25, 0.3) is 0 Å². The zero-order valence-electron chi connectivity index (χ0n) is 9.82. The smallest absolute Gasteiger partial charge is 0.324 e. The number of rotatable bonds is 4. The van der Waals surface area contributed by atoms with Crippen molar-refractivity contribution in [1.82, 2.24) is 20.9 Å². The number of nitrogens with one attached hydrogen (secondary N) is 3. The van der Waals surface area contributed by atoms with E-state index in [1.165, 1.54) is 17.7 Å². The molecule has 2 rings (SSSR count). The highest BCUT2D eigenvalue weighted by atomic mass is 16.2. The van der Waals surface area contributed by atoms with E-state index < -0.39 is 0 Å². The standard InChI is InChI=1S/C10H17N5O2/c1-11-9(14-7-2-3-7)12-4-5-15-8(16)6-13-10(15)17/h7H,2-6H2,1H3,(H,13,17)(H2,11,12,14). The first-order valence-corrected chi connectivity index (χ1v) is 5.76. The molecule has 0 atom stereocenters.